The first-order valence-electron chi connectivity index (χ1n) is 10.7. The number of ether oxygens (including phenoxy) is 1. The predicted molar refractivity (Wildman–Crippen MR) is 125 cm³/mol. The van der Waals surface area contributed by atoms with Gasteiger partial charge in [-0.1, -0.05) is 54.6 Å². The Morgan fingerprint density at radius 3 is 2.27 bits per heavy atom. The number of hydrogen-bond donors (Lipinski definition) is 1. The molecule has 37 heavy (non-hydrogen) atoms. The van der Waals surface area contributed by atoms with Gasteiger partial charge in [0, 0.05) is 11.5 Å². The Labute approximate surface area is 208 Å². The lowest BCUT2D eigenvalue weighted by Crippen LogP contribution is -2.31. The molecular weight excluding hydrogens is 516 g/mol. The number of alkyl carbamates (subject to hydrolysis) is 1. The third-order valence-electron chi connectivity index (χ3n) is 5.16. The summed E-state index contributed by atoms with van der Waals surface area (Å²) in [5.41, 5.74) is -4.65. The van der Waals surface area contributed by atoms with Gasteiger partial charge in [-0.05, 0) is 35.4 Å². The Balaban J connectivity index is 1.74. The highest BCUT2D eigenvalue weighted by molar-refractivity contribution is 7.88. The van der Waals surface area contributed by atoms with Gasteiger partial charge in [-0.25, -0.2) is 14.2 Å². The third kappa shape index (κ3) is 6.15. The lowest BCUT2D eigenvalue weighted by atomic mass is 10.0. The number of hydrogen-bond acceptors (Lipinski definition) is 6. The number of carbonyl (C=O) groups is 1. The van der Waals surface area contributed by atoms with Crippen molar-refractivity contribution in [2.75, 3.05) is 0 Å². The van der Waals surface area contributed by atoms with Gasteiger partial charge >= 0.3 is 21.7 Å². The Hall–Kier alpha value is -4.19. The van der Waals surface area contributed by atoms with Crippen LogP contribution in [0.4, 0.5) is 22.4 Å². The van der Waals surface area contributed by atoms with E-state index in [2.05, 4.69) is 14.5 Å². The van der Waals surface area contributed by atoms with Crippen molar-refractivity contribution in [3.63, 3.8) is 0 Å². The van der Waals surface area contributed by atoms with E-state index in [-0.39, 0.29) is 23.2 Å². The zero-order valence-corrected chi connectivity index (χ0v) is 19.6. The maximum absolute atomic E-state index is 13.6. The van der Waals surface area contributed by atoms with E-state index in [0.29, 0.717) is 11.1 Å². The maximum atomic E-state index is 13.6. The van der Waals surface area contributed by atoms with Crippen molar-refractivity contribution in [2.45, 2.75) is 18.2 Å². The maximum Gasteiger partial charge on any atom is 0.534 e. The molecule has 4 aromatic rings. The number of alkyl halides is 3. The van der Waals surface area contributed by atoms with Gasteiger partial charge in [0.05, 0.1) is 17.3 Å². The summed E-state index contributed by atoms with van der Waals surface area (Å²) in [5, 5.41) is 2.54. The van der Waals surface area contributed by atoms with E-state index in [1.54, 1.807) is 30.3 Å². The van der Waals surface area contributed by atoms with Crippen LogP contribution in [0.1, 0.15) is 22.9 Å². The van der Waals surface area contributed by atoms with Gasteiger partial charge in [-0.15, -0.1) is 0 Å². The largest absolute Gasteiger partial charge is 0.534 e. The molecule has 0 saturated carbocycles. The number of carbonyl (C=O) groups excluding carboxylic acids is 1. The van der Waals surface area contributed by atoms with Crippen molar-refractivity contribution in [3.05, 3.63) is 108 Å². The number of fused-ring (bicyclic) bond motifs is 1. The summed E-state index contributed by atoms with van der Waals surface area (Å²) >= 11 is 0. The second-order valence-corrected chi connectivity index (χ2v) is 9.27. The molecule has 0 saturated heterocycles. The summed E-state index contributed by atoms with van der Waals surface area (Å²) in [6, 6.07) is 19.3. The first kappa shape index (κ1) is 25.9. The molecule has 192 valence electrons. The minimum absolute atomic E-state index is 0.0106. The van der Waals surface area contributed by atoms with Crippen molar-refractivity contribution in [3.8, 4) is 5.75 Å². The zero-order chi connectivity index (χ0) is 26.6. The third-order valence-corrected chi connectivity index (χ3v) is 6.12. The normalized spacial score (nSPS) is 12.6. The first-order chi connectivity index (χ1) is 17.5. The molecule has 7 nitrogen and oxygen atoms in total. The standard InChI is InChI=1S/C25H18F4N2O5S/c26-18-12-10-17(11-13-18)23(31-24(32)35-15-16-6-2-1-3-7-16)21-14-22(36-37(33,34)25(27,28)29)19-8-4-5-9-20(19)30-21/h1-14,23H,15H2,(H,31,32). The number of halogens is 4. The van der Waals surface area contributed by atoms with Crippen LogP contribution in [0.25, 0.3) is 10.9 Å². The number of para-hydroxylation sites is 1. The van der Waals surface area contributed by atoms with Crippen LogP contribution in [-0.2, 0) is 21.5 Å². The van der Waals surface area contributed by atoms with Crippen molar-refractivity contribution < 1.29 is 39.7 Å². The molecule has 1 heterocycles. The summed E-state index contributed by atoms with van der Waals surface area (Å²) in [6.07, 6.45) is -0.904. The van der Waals surface area contributed by atoms with Gasteiger partial charge in [-0.3, -0.25) is 0 Å². The highest BCUT2D eigenvalue weighted by Crippen LogP contribution is 2.34. The number of rotatable bonds is 7. The van der Waals surface area contributed by atoms with Crippen molar-refractivity contribution in [1.29, 1.82) is 0 Å². The lowest BCUT2D eigenvalue weighted by Gasteiger charge is -2.20. The highest BCUT2D eigenvalue weighted by Gasteiger charge is 2.48. The van der Waals surface area contributed by atoms with E-state index in [4.69, 9.17) is 4.74 Å². The quantitative estimate of drug-likeness (QED) is 0.188. The zero-order valence-electron chi connectivity index (χ0n) is 18.8. The molecule has 0 aliphatic rings. The number of amides is 1. The molecule has 0 aliphatic heterocycles. The molecule has 1 amide bonds. The van der Waals surface area contributed by atoms with Crippen LogP contribution >= 0.6 is 0 Å². The average molecular weight is 534 g/mol. The molecule has 0 fully saturated rings. The van der Waals surface area contributed by atoms with Gasteiger partial charge in [0.15, 0.2) is 5.75 Å². The molecule has 4 rings (SSSR count). The van der Waals surface area contributed by atoms with Crippen LogP contribution in [0.2, 0.25) is 0 Å². The molecule has 0 bridgehead atoms. The predicted octanol–water partition coefficient (Wildman–Crippen LogP) is 5.62. The van der Waals surface area contributed by atoms with Gasteiger partial charge in [0.1, 0.15) is 12.4 Å². The summed E-state index contributed by atoms with van der Waals surface area (Å²) in [4.78, 5) is 17.0. The van der Waals surface area contributed by atoms with Crippen LogP contribution in [0, 0.1) is 5.82 Å². The number of aromatic nitrogens is 1. The van der Waals surface area contributed by atoms with Crippen molar-refractivity contribution in [2.24, 2.45) is 0 Å². The fourth-order valence-corrected chi connectivity index (χ4v) is 3.88. The van der Waals surface area contributed by atoms with Gasteiger partial charge in [0.2, 0.25) is 0 Å². The molecule has 1 atom stereocenters. The summed E-state index contributed by atoms with van der Waals surface area (Å²) in [7, 11) is -6.01. The molecule has 0 spiro atoms. The van der Waals surface area contributed by atoms with E-state index in [9.17, 15) is 30.8 Å². The van der Waals surface area contributed by atoms with E-state index in [1.165, 1.54) is 36.4 Å². The van der Waals surface area contributed by atoms with Gasteiger partial charge < -0.3 is 14.2 Å². The van der Waals surface area contributed by atoms with E-state index >= 15 is 0 Å². The molecule has 1 N–H and O–H groups in total. The second kappa shape index (κ2) is 10.4. The molecule has 12 heteroatoms. The topological polar surface area (TPSA) is 94.6 Å². The van der Waals surface area contributed by atoms with E-state index in [1.807, 2.05) is 0 Å². The Morgan fingerprint density at radius 1 is 0.946 bits per heavy atom. The molecular formula is C25H18F4N2O5S. The number of benzene rings is 3. The lowest BCUT2D eigenvalue weighted by molar-refractivity contribution is -0.0499. The summed E-state index contributed by atoms with van der Waals surface area (Å²) in [6.45, 7) is -0.0772. The molecule has 0 radical (unpaired) electrons. The fourth-order valence-electron chi connectivity index (χ4n) is 3.41. The minimum Gasteiger partial charge on any atom is -0.445 e. The molecule has 3 aromatic carbocycles. The van der Waals surface area contributed by atoms with E-state index < -0.39 is 39.3 Å². The van der Waals surface area contributed by atoms with Crippen LogP contribution in [0.15, 0.2) is 84.9 Å². The summed E-state index contributed by atoms with van der Waals surface area (Å²) in [5.74, 6) is -1.22. The number of pyridine rings is 1. The Bertz CT molecular complexity index is 1510. The van der Waals surface area contributed by atoms with Crippen LogP contribution in [-0.4, -0.2) is 25.0 Å². The monoisotopic (exact) mass is 534 g/mol. The smallest absolute Gasteiger partial charge is 0.445 e. The van der Waals surface area contributed by atoms with Crippen molar-refractivity contribution in [1.82, 2.24) is 10.3 Å². The summed E-state index contributed by atoms with van der Waals surface area (Å²) < 4.78 is 85.9. The first-order valence-corrected chi connectivity index (χ1v) is 12.1. The Morgan fingerprint density at radius 2 is 1.59 bits per heavy atom. The highest BCUT2D eigenvalue weighted by atomic mass is 32.2. The van der Waals surface area contributed by atoms with Crippen LogP contribution in [0.5, 0.6) is 5.75 Å². The number of nitrogens with zero attached hydrogens (tertiary/aromatic N) is 1. The van der Waals surface area contributed by atoms with E-state index in [0.717, 1.165) is 18.2 Å². The second-order valence-electron chi connectivity index (χ2n) is 7.74. The molecule has 0 aliphatic carbocycles. The minimum atomic E-state index is -6.01. The SMILES string of the molecule is O=C(NC(c1ccc(F)cc1)c1cc(OS(=O)(=O)C(F)(F)F)c2ccccc2n1)OCc1ccccc1. The molecule has 1 aromatic heterocycles. The van der Waals surface area contributed by atoms with Gasteiger partial charge in [0.25, 0.3) is 0 Å². The fraction of sp³-hybridized carbons (Fsp3) is 0.120. The average Bonchev–Trinajstić information content (AvgIpc) is 2.86. The van der Waals surface area contributed by atoms with Crippen LogP contribution < -0.4 is 9.50 Å². The van der Waals surface area contributed by atoms with Crippen LogP contribution in [0.3, 0.4) is 0 Å². The van der Waals surface area contributed by atoms with Gasteiger partial charge in [-0.2, -0.15) is 21.6 Å². The number of nitrogens with one attached hydrogen (secondary N) is 1. The molecule has 1 unspecified atom stereocenters. The van der Waals surface area contributed by atoms with Crippen molar-refractivity contribution >= 4 is 27.1 Å². The Kier molecular flexibility index (Phi) is 7.30.